The normalized spacial score (nSPS) is 15.5. The largest absolute Gasteiger partial charge is 0.481 e. The average Bonchev–Trinajstić information content (AvgIpc) is 3.49. The predicted octanol–water partition coefficient (Wildman–Crippen LogP) is 3.14. The summed E-state index contributed by atoms with van der Waals surface area (Å²) in [6, 6.07) is 3.12. The summed E-state index contributed by atoms with van der Waals surface area (Å²) in [5.41, 5.74) is -0.732. The van der Waals surface area contributed by atoms with Gasteiger partial charge in [0.05, 0.1) is 30.1 Å². The highest BCUT2D eigenvalue weighted by Gasteiger charge is 2.41. The van der Waals surface area contributed by atoms with Crippen LogP contribution in [0.3, 0.4) is 0 Å². The van der Waals surface area contributed by atoms with Crippen molar-refractivity contribution in [2.75, 3.05) is 5.32 Å². The summed E-state index contributed by atoms with van der Waals surface area (Å²) in [6.45, 7) is 3.41. The van der Waals surface area contributed by atoms with E-state index in [-0.39, 0.29) is 47.9 Å². The fraction of sp³-hybridized carbons (Fsp3) is 0.484. The van der Waals surface area contributed by atoms with Crippen molar-refractivity contribution in [3.63, 3.8) is 0 Å². The van der Waals surface area contributed by atoms with Gasteiger partial charge in [0.25, 0.3) is 0 Å². The van der Waals surface area contributed by atoms with Crippen molar-refractivity contribution in [3.8, 4) is 0 Å². The second kappa shape index (κ2) is 14.3. The Balaban J connectivity index is 1.60. The van der Waals surface area contributed by atoms with Crippen LogP contribution >= 0.6 is 0 Å². The van der Waals surface area contributed by atoms with E-state index in [1.807, 2.05) is 6.92 Å². The minimum absolute atomic E-state index is 0.000923. The molecule has 3 aromatic rings. The van der Waals surface area contributed by atoms with Crippen LogP contribution in [0.15, 0.2) is 33.6 Å². The molecule has 15 nitrogen and oxygen atoms in total. The topological polar surface area (TPSA) is 231 Å². The zero-order valence-electron chi connectivity index (χ0n) is 25.6. The molecule has 46 heavy (non-hydrogen) atoms. The molecule has 0 saturated heterocycles. The number of anilines is 1. The first kappa shape index (κ1) is 33.8. The highest BCUT2D eigenvalue weighted by molar-refractivity contribution is 5.97. The molecule has 15 heteroatoms. The van der Waals surface area contributed by atoms with Crippen molar-refractivity contribution in [2.45, 2.75) is 89.6 Å². The number of carbonyl (C=O) groups excluding carboxylic acids is 2. The van der Waals surface area contributed by atoms with Gasteiger partial charge in [-0.25, -0.2) is 9.48 Å². The number of hydrogen-bond donors (Lipinski definition) is 5. The third-order valence-corrected chi connectivity index (χ3v) is 8.53. The smallest absolute Gasteiger partial charge is 0.340 e. The summed E-state index contributed by atoms with van der Waals surface area (Å²) in [7, 11) is 0. The average molecular weight is 640 g/mol. The maximum Gasteiger partial charge on any atom is 0.340 e. The summed E-state index contributed by atoms with van der Waals surface area (Å²) in [4.78, 5) is 72.7. The first-order valence-electron chi connectivity index (χ1n) is 15.0. The third-order valence-electron chi connectivity index (χ3n) is 8.53. The van der Waals surface area contributed by atoms with Crippen molar-refractivity contribution >= 4 is 46.4 Å². The van der Waals surface area contributed by atoms with Crippen LogP contribution < -0.4 is 16.3 Å². The van der Waals surface area contributed by atoms with Gasteiger partial charge in [0.15, 0.2) is 0 Å². The monoisotopic (exact) mass is 639 g/mol. The first-order chi connectivity index (χ1) is 21.8. The molecule has 2 aromatic heterocycles. The lowest BCUT2D eigenvalue weighted by atomic mass is 9.74. The second-order valence-corrected chi connectivity index (χ2v) is 11.8. The number of carboxylic acid groups (broad SMARTS) is 3. The van der Waals surface area contributed by atoms with Crippen LogP contribution in [0, 0.1) is 12.8 Å². The molecule has 0 spiro atoms. The van der Waals surface area contributed by atoms with Gasteiger partial charge >= 0.3 is 23.5 Å². The molecule has 1 aliphatic carbocycles. The number of carboxylic acids is 3. The van der Waals surface area contributed by atoms with Gasteiger partial charge in [-0.3, -0.25) is 24.0 Å². The number of aliphatic carboxylic acids is 3. The Kier molecular flexibility index (Phi) is 10.5. The van der Waals surface area contributed by atoms with E-state index in [4.69, 9.17) is 14.6 Å². The number of nitrogens with one attached hydrogen (secondary N) is 2. The summed E-state index contributed by atoms with van der Waals surface area (Å²) in [6.07, 6.45) is 4.85. The number of aromatic nitrogens is 3. The van der Waals surface area contributed by atoms with Crippen LogP contribution in [0.1, 0.15) is 87.6 Å². The highest BCUT2D eigenvalue weighted by atomic mass is 16.4. The van der Waals surface area contributed by atoms with Crippen LogP contribution in [0.4, 0.5) is 5.69 Å². The van der Waals surface area contributed by atoms with Crippen LogP contribution in [-0.4, -0.2) is 60.0 Å². The Morgan fingerprint density at radius 3 is 2.41 bits per heavy atom. The molecular weight excluding hydrogens is 602 g/mol. The molecule has 5 N–H and O–H groups in total. The van der Waals surface area contributed by atoms with Gasteiger partial charge in [-0.1, -0.05) is 24.5 Å². The number of nitrogens with zero attached hydrogens (tertiary/aromatic N) is 3. The molecule has 0 aliphatic heterocycles. The lowest BCUT2D eigenvalue weighted by molar-refractivity contribution is -0.140. The van der Waals surface area contributed by atoms with Gasteiger partial charge in [-0.05, 0) is 56.7 Å². The molecule has 2 amide bonds. The number of aryl methyl sites for hydroxylation is 1. The number of hydrogen-bond acceptors (Lipinski definition) is 9. The van der Waals surface area contributed by atoms with Crippen molar-refractivity contribution in [2.24, 2.45) is 5.92 Å². The SMILES string of the molecule is Cc1c(CC(=O)O)c(=O)oc2cc(NC(=O)C(CC(=O)O)n3cc([C@@](C)(NC(=O)CCCC(=O)O)C4CCCCC4)nn3)ccc12. The van der Waals surface area contributed by atoms with Gasteiger partial charge < -0.3 is 30.4 Å². The Bertz CT molecular complexity index is 1710. The second-order valence-electron chi connectivity index (χ2n) is 11.8. The van der Waals surface area contributed by atoms with Crippen LogP contribution in [0.2, 0.25) is 0 Å². The van der Waals surface area contributed by atoms with Crippen LogP contribution in [0.25, 0.3) is 11.0 Å². The molecule has 1 fully saturated rings. The minimum atomic E-state index is -1.34. The van der Waals surface area contributed by atoms with E-state index in [0.717, 1.165) is 36.8 Å². The quantitative estimate of drug-likeness (QED) is 0.160. The van der Waals surface area contributed by atoms with E-state index >= 15 is 0 Å². The zero-order chi connectivity index (χ0) is 33.6. The molecular formula is C31H37N5O10. The molecule has 2 atom stereocenters. The van der Waals surface area contributed by atoms with Gasteiger partial charge in [0.2, 0.25) is 11.8 Å². The number of carbonyl (C=O) groups is 5. The number of benzene rings is 1. The molecule has 0 radical (unpaired) electrons. The maximum atomic E-state index is 13.5. The van der Waals surface area contributed by atoms with E-state index in [2.05, 4.69) is 20.9 Å². The Morgan fingerprint density at radius 1 is 1.04 bits per heavy atom. The molecule has 1 aromatic carbocycles. The lowest BCUT2D eigenvalue weighted by Gasteiger charge is -2.39. The van der Waals surface area contributed by atoms with Crippen molar-refractivity contribution in [3.05, 3.63) is 51.6 Å². The predicted molar refractivity (Wildman–Crippen MR) is 162 cm³/mol. The van der Waals surface area contributed by atoms with Crippen LogP contribution in [0.5, 0.6) is 0 Å². The highest BCUT2D eigenvalue weighted by Crippen LogP contribution is 2.39. The summed E-state index contributed by atoms with van der Waals surface area (Å²) in [5, 5.41) is 42.2. The zero-order valence-corrected chi connectivity index (χ0v) is 25.6. The molecule has 1 saturated carbocycles. The fourth-order valence-electron chi connectivity index (χ4n) is 6.00. The Morgan fingerprint density at radius 2 is 1.76 bits per heavy atom. The molecule has 0 bridgehead atoms. The van der Waals surface area contributed by atoms with Gasteiger partial charge in [0, 0.05) is 30.0 Å². The van der Waals surface area contributed by atoms with E-state index in [9.17, 15) is 33.9 Å². The molecule has 246 valence electrons. The summed E-state index contributed by atoms with van der Waals surface area (Å²) < 4.78 is 6.46. The summed E-state index contributed by atoms with van der Waals surface area (Å²) in [5.74, 6) is -4.56. The summed E-state index contributed by atoms with van der Waals surface area (Å²) >= 11 is 0. The van der Waals surface area contributed by atoms with Crippen molar-refractivity contribution in [1.29, 1.82) is 0 Å². The van der Waals surface area contributed by atoms with Gasteiger partial charge in [-0.15, -0.1) is 5.10 Å². The Hall–Kier alpha value is -5.08. The third kappa shape index (κ3) is 7.95. The molecule has 1 aliphatic rings. The molecule has 2 heterocycles. The van der Waals surface area contributed by atoms with Crippen molar-refractivity contribution < 1.29 is 43.7 Å². The Labute approximate surface area is 263 Å². The number of rotatable bonds is 14. The van der Waals surface area contributed by atoms with Gasteiger partial charge in [0.1, 0.15) is 17.3 Å². The van der Waals surface area contributed by atoms with E-state index in [1.54, 1.807) is 13.0 Å². The fourth-order valence-corrected chi connectivity index (χ4v) is 6.00. The minimum Gasteiger partial charge on any atom is -0.481 e. The van der Waals surface area contributed by atoms with E-state index in [1.165, 1.54) is 18.3 Å². The van der Waals surface area contributed by atoms with E-state index < -0.39 is 53.9 Å². The first-order valence-corrected chi connectivity index (χ1v) is 15.0. The standard InChI is InChI=1S/C31H37N5O10/c1-17-20-12-11-19(13-23(20)46-30(45)21(17)14-27(40)41)32-29(44)22(15-28(42)43)36-16-24(34-35-36)31(2,18-7-4-3-5-8-18)33-25(37)9-6-10-26(38)39/h11-13,16,18,22H,3-10,14-15H2,1-2H3,(H,32,44)(H,33,37)(H,38,39)(H,40,41)(H,42,43)/t22?,31-/m0/s1. The van der Waals surface area contributed by atoms with Gasteiger partial charge in [-0.2, -0.15) is 0 Å². The van der Waals surface area contributed by atoms with E-state index in [0.29, 0.717) is 16.6 Å². The number of amides is 2. The van der Waals surface area contributed by atoms with Crippen LogP contribution in [-0.2, 0) is 35.9 Å². The van der Waals surface area contributed by atoms with Crippen molar-refractivity contribution in [1.82, 2.24) is 20.3 Å². The maximum absolute atomic E-state index is 13.5. The molecule has 4 rings (SSSR count). The lowest BCUT2D eigenvalue weighted by Crippen LogP contribution is -2.50. The molecule has 1 unspecified atom stereocenters. The number of fused-ring (bicyclic) bond motifs is 1.